The van der Waals surface area contributed by atoms with E-state index in [-0.39, 0.29) is 30.6 Å². The molecule has 2 atom stereocenters. The molecular weight excluding hydrogens is 653 g/mol. The molecule has 0 aromatic rings. The smallest absolute Gasteiger partial charge is 0.408 e. The highest BCUT2D eigenvalue weighted by molar-refractivity contribution is 8.13. The van der Waals surface area contributed by atoms with E-state index in [9.17, 15) is 24.0 Å². The first kappa shape index (κ1) is 45.8. The summed E-state index contributed by atoms with van der Waals surface area (Å²) in [7, 11) is 5.93. The first-order chi connectivity index (χ1) is 22.9. The third kappa shape index (κ3) is 27.7. The third-order valence-corrected chi connectivity index (χ3v) is 9.18. The first-order valence-corrected chi connectivity index (χ1v) is 20.0. The number of esters is 1. The molecule has 0 aromatic carbocycles. The van der Waals surface area contributed by atoms with Crippen LogP contribution in [0.3, 0.4) is 0 Å². The second-order valence-corrected chi connectivity index (χ2v) is 15.1. The Kier molecular flexibility index (Phi) is 28.3. The molecule has 0 aliphatic carbocycles. The van der Waals surface area contributed by atoms with E-state index in [1.807, 2.05) is 27.4 Å². The van der Waals surface area contributed by atoms with Crippen LogP contribution in [-0.2, 0) is 28.7 Å². The summed E-state index contributed by atoms with van der Waals surface area (Å²) in [5.41, 5.74) is 0. The number of likely N-dealkylation sites (N-methyl/N-ethyl adjacent to an activating group) is 1. The van der Waals surface area contributed by atoms with Gasteiger partial charge in [0.1, 0.15) is 38.4 Å². The number of nitrogens with one attached hydrogen (secondary N) is 3. The monoisotopic (exact) mass is 717 g/mol. The molecule has 0 heterocycles. The number of nitrogens with zero attached hydrogens (tertiary/aromatic N) is 1. The van der Waals surface area contributed by atoms with Crippen LogP contribution in [0.5, 0.6) is 0 Å². The first-order valence-electron chi connectivity index (χ1n) is 17.7. The number of carbonyl (C=O) groups excluding carboxylic acids is 5. The van der Waals surface area contributed by atoms with Crippen LogP contribution in [0, 0.1) is 0 Å². The Morgan fingerprint density at radius 2 is 1.38 bits per heavy atom. The second kappa shape index (κ2) is 29.6. The predicted octanol–water partition coefficient (Wildman–Crippen LogP) is 5.61. The minimum atomic E-state index is -1.12. The molecule has 11 nitrogen and oxygen atoms in total. The van der Waals surface area contributed by atoms with Gasteiger partial charge in [-0.05, 0) is 24.9 Å². The maximum atomic E-state index is 13.3. The van der Waals surface area contributed by atoms with Crippen molar-refractivity contribution in [1.29, 1.82) is 0 Å². The van der Waals surface area contributed by atoms with Gasteiger partial charge in [-0.25, -0.2) is 4.79 Å². The molecule has 3 N–H and O–H groups in total. The summed E-state index contributed by atoms with van der Waals surface area (Å²) < 4.78 is 10.8. The van der Waals surface area contributed by atoms with Crippen LogP contribution in [0.15, 0.2) is 12.7 Å². The van der Waals surface area contributed by atoms with Gasteiger partial charge >= 0.3 is 12.1 Å². The van der Waals surface area contributed by atoms with Gasteiger partial charge in [-0.3, -0.25) is 19.2 Å². The Morgan fingerprint density at radius 3 is 1.92 bits per heavy atom. The molecular formula is C35H65N4O7S2+. The molecule has 0 aliphatic heterocycles. The van der Waals surface area contributed by atoms with E-state index < -0.39 is 36.0 Å². The minimum absolute atomic E-state index is 0.0121. The normalized spacial score (nSPS) is 12.4. The van der Waals surface area contributed by atoms with Gasteiger partial charge in [0.05, 0.1) is 21.1 Å². The molecule has 0 rings (SSSR count). The van der Waals surface area contributed by atoms with Crippen LogP contribution in [0.4, 0.5) is 4.79 Å². The van der Waals surface area contributed by atoms with Crippen molar-refractivity contribution in [3.05, 3.63) is 12.7 Å². The Labute approximate surface area is 298 Å². The van der Waals surface area contributed by atoms with Crippen molar-refractivity contribution >= 4 is 52.5 Å². The summed E-state index contributed by atoms with van der Waals surface area (Å²) >= 11 is 2.48. The Balaban J connectivity index is 4.80. The average Bonchev–Trinajstić information content (AvgIpc) is 3.04. The summed E-state index contributed by atoms with van der Waals surface area (Å²) in [6, 6.07) is -2.07. The van der Waals surface area contributed by atoms with Gasteiger partial charge in [-0.15, -0.1) is 0 Å². The molecule has 13 heteroatoms. The minimum Gasteiger partial charge on any atom is -0.458 e. The number of hydrogen-bond acceptors (Lipinski definition) is 9. The second-order valence-electron chi connectivity index (χ2n) is 13.1. The summed E-state index contributed by atoms with van der Waals surface area (Å²) in [5, 5.41) is 7.67. The molecule has 3 amide bonds. The van der Waals surface area contributed by atoms with E-state index in [4.69, 9.17) is 9.47 Å². The third-order valence-electron chi connectivity index (χ3n) is 7.51. The predicted molar refractivity (Wildman–Crippen MR) is 198 cm³/mol. The zero-order chi connectivity index (χ0) is 36.0. The van der Waals surface area contributed by atoms with Crippen LogP contribution in [0.1, 0.15) is 103 Å². The fourth-order valence-corrected chi connectivity index (χ4v) is 5.93. The summed E-state index contributed by atoms with van der Waals surface area (Å²) in [5.74, 6) is -1.19. The maximum Gasteiger partial charge on any atom is 0.408 e. The highest BCUT2D eigenvalue weighted by Crippen LogP contribution is 2.16. The number of hydrogen-bond donors (Lipinski definition) is 3. The number of rotatable bonds is 30. The van der Waals surface area contributed by atoms with Crippen molar-refractivity contribution in [2.45, 2.75) is 115 Å². The Bertz CT molecular complexity index is 931. The fourth-order valence-electron chi connectivity index (χ4n) is 4.58. The van der Waals surface area contributed by atoms with E-state index in [1.165, 1.54) is 82.0 Å². The Morgan fingerprint density at radius 1 is 0.792 bits per heavy atom. The number of unbranched alkanes of at least 4 members (excludes halogenated alkanes) is 12. The summed E-state index contributed by atoms with van der Waals surface area (Å²) in [6.45, 7) is 6.21. The molecule has 0 spiro atoms. The van der Waals surface area contributed by atoms with Crippen molar-refractivity contribution in [2.75, 3.05) is 65.2 Å². The number of amides is 3. The maximum absolute atomic E-state index is 13.3. The van der Waals surface area contributed by atoms with Crippen LogP contribution < -0.4 is 16.0 Å². The Hall–Kier alpha value is -2.25. The van der Waals surface area contributed by atoms with Crippen LogP contribution >= 0.6 is 23.5 Å². The molecule has 0 bridgehead atoms. The van der Waals surface area contributed by atoms with E-state index in [0.717, 1.165) is 31.0 Å². The molecule has 0 fully saturated rings. The SMILES string of the molecule is C=CCOC(=O)N[C@@H](CSC(=O)CCCCCCCCCCCCCCC)C(=O)N[C@@H](CCSC)C(=O)NCC(=O)OCC[N+](C)(C)C. The van der Waals surface area contributed by atoms with Gasteiger partial charge in [0, 0.05) is 12.2 Å². The van der Waals surface area contributed by atoms with Gasteiger partial charge in [0.15, 0.2) is 5.12 Å². The lowest BCUT2D eigenvalue weighted by Gasteiger charge is -2.23. The molecule has 0 saturated heterocycles. The standard InChI is InChI=1S/C35H64N4O7S2/c1-7-9-10-11-12-13-14-15-16-17-18-19-20-21-32(41)48-28-30(38-35(44)46-24-8-2)34(43)37-29(22-26-47-6)33(42)36-27-31(40)45-25-23-39(3,4)5/h8,29-30H,2,7,9-28H2,1,3-6H3,(H2-,36,37,38,42,43,44)/p+1/t29-,30-/m0/s1. The summed E-state index contributed by atoms with van der Waals surface area (Å²) in [6.07, 6.45) is 19.0. The van der Waals surface area contributed by atoms with Gasteiger partial charge in [-0.2, -0.15) is 11.8 Å². The van der Waals surface area contributed by atoms with Crippen LogP contribution in [0.2, 0.25) is 0 Å². The lowest BCUT2D eigenvalue weighted by Crippen LogP contribution is -2.55. The zero-order valence-electron chi connectivity index (χ0n) is 30.4. The number of ether oxygens (including phenoxy) is 2. The lowest BCUT2D eigenvalue weighted by molar-refractivity contribution is -0.870. The fraction of sp³-hybridized carbons (Fsp3) is 0.800. The quantitative estimate of drug-likeness (QED) is 0.0374. The molecule has 48 heavy (non-hydrogen) atoms. The van der Waals surface area contributed by atoms with Crippen molar-refractivity contribution in [2.24, 2.45) is 0 Å². The average molecular weight is 718 g/mol. The van der Waals surface area contributed by atoms with Gasteiger partial charge in [0.2, 0.25) is 11.8 Å². The number of alkyl carbamates (subject to hydrolysis) is 1. The molecule has 0 radical (unpaired) electrons. The molecule has 0 saturated carbocycles. The zero-order valence-corrected chi connectivity index (χ0v) is 32.0. The number of quaternary nitrogens is 1. The van der Waals surface area contributed by atoms with Crippen molar-refractivity contribution in [3.8, 4) is 0 Å². The van der Waals surface area contributed by atoms with Crippen molar-refractivity contribution in [1.82, 2.24) is 16.0 Å². The summed E-state index contributed by atoms with van der Waals surface area (Å²) in [4.78, 5) is 63.3. The van der Waals surface area contributed by atoms with Gasteiger partial charge in [0.25, 0.3) is 0 Å². The molecule has 0 aliphatic rings. The van der Waals surface area contributed by atoms with Crippen LogP contribution in [-0.4, -0.2) is 111 Å². The van der Waals surface area contributed by atoms with E-state index in [1.54, 1.807) is 0 Å². The number of carbonyl (C=O) groups is 5. The molecule has 0 aromatic heterocycles. The highest BCUT2D eigenvalue weighted by atomic mass is 32.2. The highest BCUT2D eigenvalue weighted by Gasteiger charge is 2.28. The van der Waals surface area contributed by atoms with Gasteiger partial charge in [-0.1, -0.05) is 108 Å². The lowest BCUT2D eigenvalue weighted by atomic mass is 10.0. The van der Waals surface area contributed by atoms with Crippen molar-refractivity contribution in [3.63, 3.8) is 0 Å². The van der Waals surface area contributed by atoms with Crippen molar-refractivity contribution < 1.29 is 37.9 Å². The largest absolute Gasteiger partial charge is 0.458 e. The van der Waals surface area contributed by atoms with E-state index in [0.29, 0.717) is 29.6 Å². The molecule has 278 valence electrons. The van der Waals surface area contributed by atoms with E-state index >= 15 is 0 Å². The van der Waals surface area contributed by atoms with Gasteiger partial charge < -0.3 is 29.9 Å². The number of thioether (sulfide) groups is 2. The van der Waals surface area contributed by atoms with E-state index in [2.05, 4.69) is 29.5 Å². The molecule has 0 unspecified atom stereocenters. The topological polar surface area (TPSA) is 140 Å². The van der Waals surface area contributed by atoms with Crippen LogP contribution in [0.25, 0.3) is 0 Å².